The van der Waals surface area contributed by atoms with Crippen molar-refractivity contribution in [3.8, 4) is 6.57 Å². The molecule has 7 nitrogen and oxygen atoms in total. The quantitative estimate of drug-likeness (QED) is 0.835. The summed E-state index contributed by atoms with van der Waals surface area (Å²) >= 11 is 0.641. The molecule has 0 radical (unpaired) electrons. The summed E-state index contributed by atoms with van der Waals surface area (Å²) in [4.78, 5) is 3.40. The molecule has 1 aliphatic heterocycles. The fourth-order valence-corrected chi connectivity index (χ4v) is 6.43. The normalized spacial score (nSPS) is 24.9. The van der Waals surface area contributed by atoms with Gasteiger partial charge in [-0.1, -0.05) is 11.8 Å². The molecule has 0 aromatic carbocycles. The van der Waals surface area contributed by atoms with E-state index < -0.39 is 25.2 Å². The summed E-state index contributed by atoms with van der Waals surface area (Å²) < 4.78 is 47.2. The predicted octanol–water partition coefficient (Wildman–Crippen LogP) is 0.512. The second kappa shape index (κ2) is 5.09. The van der Waals surface area contributed by atoms with E-state index in [1.54, 1.807) is 0 Å². The van der Waals surface area contributed by atoms with E-state index in [1.165, 1.54) is 6.07 Å². The smallest absolute Gasteiger partial charge is 0.310 e. The Bertz CT molecular complexity index is 773. The van der Waals surface area contributed by atoms with Crippen molar-refractivity contribution < 1.29 is 16.8 Å². The monoisotopic (exact) mass is 336 g/mol. The first kappa shape index (κ1) is 15.4. The molecule has 0 fully saturated rings. The fraction of sp³-hybridized carbons (Fsp3) is 0.500. The number of hydrogen-bond donors (Lipinski definition) is 2. The Hall–Kier alpha value is -0.990. The standard InChI is InChI=1S/C10H14N3O4S3/c1-3-13-7-5-8(12-2)19(14,15)10-6(7)4-9(18-10)20(11,16)17/h2,4,7-8,13H,3,5H2,1H3,(H2,11,16,17)/q+1. The maximum Gasteiger partial charge on any atom is 0.375 e. The van der Waals surface area contributed by atoms with Gasteiger partial charge in [0.05, 0.1) is 6.42 Å². The molecule has 2 unspecified atom stereocenters. The van der Waals surface area contributed by atoms with Crippen molar-refractivity contribution in [2.24, 2.45) is 5.14 Å². The number of thiophene rings is 1. The summed E-state index contributed by atoms with van der Waals surface area (Å²) in [5.74, 6) is 0. The molecule has 0 saturated carbocycles. The van der Waals surface area contributed by atoms with Gasteiger partial charge in [0.2, 0.25) is 10.0 Å². The molecule has 110 valence electrons. The maximum absolute atomic E-state index is 12.3. The summed E-state index contributed by atoms with van der Waals surface area (Å²) in [6, 6.07) is 0.995. The Morgan fingerprint density at radius 1 is 1.60 bits per heavy atom. The molecule has 0 aliphatic carbocycles. The van der Waals surface area contributed by atoms with Crippen molar-refractivity contribution in [2.45, 2.75) is 33.2 Å². The van der Waals surface area contributed by atoms with E-state index in [0.717, 1.165) is 0 Å². The van der Waals surface area contributed by atoms with E-state index in [2.05, 4.69) is 10.2 Å². The second-order valence-corrected chi connectivity index (χ2v) is 9.49. The molecule has 0 spiro atoms. The van der Waals surface area contributed by atoms with E-state index in [0.29, 0.717) is 23.4 Å². The zero-order chi connectivity index (χ0) is 15.1. The van der Waals surface area contributed by atoms with Crippen LogP contribution in [0.2, 0.25) is 0 Å². The summed E-state index contributed by atoms with van der Waals surface area (Å²) in [6.07, 6.45) is 0.167. The Labute approximate surface area is 121 Å². The van der Waals surface area contributed by atoms with Gasteiger partial charge >= 0.3 is 5.37 Å². The van der Waals surface area contributed by atoms with Gasteiger partial charge in [0, 0.05) is 11.6 Å². The van der Waals surface area contributed by atoms with Crippen LogP contribution in [0.5, 0.6) is 0 Å². The summed E-state index contributed by atoms with van der Waals surface area (Å²) in [5, 5.41) is 7.08. The van der Waals surface area contributed by atoms with E-state index in [9.17, 15) is 16.8 Å². The topological polar surface area (TPSA) is 111 Å². The van der Waals surface area contributed by atoms with Gasteiger partial charge in [-0.2, -0.15) is 0 Å². The van der Waals surface area contributed by atoms with Crippen molar-refractivity contribution in [3.05, 3.63) is 16.5 Å². The van der Waals surface area contributed by atoms with Crippen LogP contribution in [0.3, 0.4) is 0 Å². The first-order valence-corrected chi connectivity index (χ1v) is 9.66. The SMILES string of the molecule is C#[N+]C1CC(NCC)c2cc(S(N)(=O)=O)sc2S1(=O)=O. The first-order valence-electron chi connectivity index (χ1n) is 5.75. The lowest BCUT2D eigenvalue weighted by Crippen LogP contribution is -2.33. The molecule has 10 heteroatoms. The number of nitrogens with zero attached hydrogens (tertiary/aromatic N) is 1. The Morgan fingerprint density at radius 2 is 2.25 bits per heavy atom. The van der Waals surface area contributed by atoms with Crippen LogP contribution in [0.1, 0.15) is 24.9 Å². The summed E-state index contributed by atoms with van der Waals surface area (Å²) in [6.45, 7) is 7.63. The summed E-state index contributed by atoms with van der Waals surface area (Å²) in [7, 11) is -7.70. The van der Waals surface area contributed by atoms with E-state index in [-0.39, 0.29) is 20.9 Å². The van der Waals surface area contributed by atoms with Crippen LogP contribution in [-0.2, 0) is 19.9 Å². The maximum atomic E-state index is 12.3. The lowest BCUT2D eigenvalue weighted by Gasteiger charge is -2.22. The number of sulfone groups is 1. The minimum atomic E-state index is -3.95. The zero-order valence-corrected chi connectivity index (χ0v) is 13.1. The van der Waals surface area contributed by atoms with Gasteiger partial charge in [-0.3, -0.25) is 0 Å². The highest BCUT2D eigenvalue weighted by molar-refractivity contribution is 7.95. The first-order chi connectivity index (χ1) is 9.21. The third kappa shape index (κ3) is 2.47. The van der Waals surface area contributed by atoms with Gasteiger partial charge in [-0.15, -0.1) is 11.3 Å². The van der Waals surface area contributed by atoms with Crippen LogP contribution in [0, 0.1) is 6.57 Å². The van der Waals surface area contributed by atoms with Crippen LogP contribution in [-0.4, -0.2) is 28.8 Å². The molecule has 1 aliphatic rings. The van der Waals surface area contributed by atoms with E-state index in [1.807, 2.05) is 6.92 Å². The van der Waals surface area contributed by atoms with Crippen LogP contribution in [0.25, 0.3) is 4.85 Å². The van der Waals surface area contributed by atoms with Crippen molar-refractivity contribution >= 4 is 31.2 Å². The van der Waals surface area contributed by atoms with Crippen LogP contribution < -0.4 is 10.5 Å². The number of nitrogens with one attached hydrogen (secondary N) is 1. The lowest BCUT2D eigenvalue weighted by molar-refractivity contribution is 0.488. The van der Waals surface area contributed by atoms with Gasteiger partial charge < -0.3 is 5.32 Å². The predicted molar refractivity (Wildman–Crippen MR) is 76.0 cm³/mol. The molecule has 0 amide bonds. The Morgan fingerprint density at radius 3 is 2.75 bits per heavy atom. The zero-order valence-electron chi connectivity index (χ0n) is 10.6. The number of rotatable bonds is 3. The molecular weight excluding hydrogens is 322 g/mol. The molecule has 3 N–H and O–H groups in total. The van der Waals surface area contributed by atoms with Crippen LogP contribution in [0.15, 0.2) is 14.5 Å². The Balaban J connectivity index is 2.68. The van der Waals surface area contributed by atoms with E-state index >= 15 is 0 Å². The third-order valence-electron chi connectivity index (χ3n) is 3.03. The van der Waals surface area contributed by atoms with E-state index in [4.69, 9.17) is 11.7 Å². The molecule has 2 rings (SSSR count). The highest BCUT2D eigenvalue weighted by atomic mass is 32.3. The lowest BCUT2D eigenvalue weighted by atomic mass is 10.1. The molecule has 2 atom stereocenters. The number of hydrogen-bond acceptors (Lipinski definition) is 6. The molecule has 1 aromatic rings. The molecule has 0 saturated heterocycles. The number of fused-ring (bicyclic) bond motifs is 1. The van der Waals surface area contributed by atoms with Crippen molar-refractivity contribution in [3.63, 3.8) is 0 Å². The molecule has 2 heterocycles. The van der Waals surface area contributed by atoms with Gasteiger partial charge in [0.15, 0.2) is 0 Å². The molecular formula is C10H14N3O4S3+. The van der Waals surface area contributed by atoms with Crippen molar-refractivity contribution in [2.75, 3.05) is 6.54 Å². The van der Waals surface area contributed by atoms with Crippen LogP contribution in [0.4, 0.5) is 0 Å². The highest BCUT2D eigenvalue weighted by Crippen LogP contribution is 2.42. The second-order valence-electron chi connectivity index (χ2n) is 4.35. The third-order valence-corrected chi connectivity index (χ3v) is 8.12. The Kier molecular flexibility index (Phi) is 3.92. The average Bonchev–Trinajstić information content (AvgIpc) is 2.78. The minimum absolute atomic E-state index is 0.0297. The average molecular weight is 336 g/mol. The van der Waals surface area contributed by atoms with Crippen molar-refractivity contribution in [1.82, 2.24) is 5.32 Å². The van der Waals surface area contributed by atoms with Gasteiger partial charge in [-0.05, 0) is 12.6 Å². The molecule has 0 bridgehead atoms. The fourth-order valence-electron chi connectivity index (χ4n) is 2.13. The van der Waals surface area contributed by atoms with Gasteiger partial charge in [-0.25, -0.2) is 22.0 Å². The van der Waals surface area contributed by atoms with Gasteiger partial charge in [0.1, 0.15) is 8.42 Å². The number of nitrogens with two attached hydrogens (primary N) is 1. The van der Waals surface area contributed by atoms with Crippen molar-refractivity contribution in [1.29, 1.82) is 0 Å². The summed E-state index contributed by atoms with van der Waals surface area (Å²) in [5.41, 5.74) is 0.417. The minimum Gasteiger partial charge on any atom is -0.310 e. The molecule has 1 aromatic heterocycles. The number of primary sulfonamides is 1. The van der Waals surface area contributed by atoms with Gasteiger partial charge in [0.25, 0.3) is 16.4 Å². The molecule has 20 heavy (non-hydrogen) atoms. The number of sulfonamides is 1. The van der Waals surface area contributed by atoms with Crippen LogP contribution >= 0.6 is 11.3 Å². The largest absolute Gasteiger partial charge is 0.375 e. The highest BCUT2D eigenvalue weighted by Gasteiger charge is 2.47.